The minimum Gasteiger partial charge on any atom is -0.337 e. The predicted octanol–water partition coefficient (Wildman–Crippen LogP) is -0.557. The van der Waals surface area contributed by atoms with Gasteiger partial charge in [0.05, 0.1) is 5.39 Å². The third kappa shape index (κ3) is 2.43. The number of aromatic nitrogens is 3. The van der Waals surface area contributed by atoms with E-state index in [1.165, 1.54) is 24.7 Å². The summed E-state index contributed by atoms with van der Waals surface area (Å²) in [5.41, 5.74) is 5.26. The normalized spacial score (nSPS) is 20.8. The summed E-state index contributed by atoms with van der Waals surface area (Å²) in [6.07, 6.45) is 0.849. The van der Waals surface area contributed by atoms with Gasteiger partial charge in [0.1, 0.15) is 11.3 Å². The van der Waals surface area contributed by atoms with Gasteiger partial charge in [0.25, 0.3) is 11.5 Å². The van der Waals surface area contributed by atoms with Crippen LogP contribution >= 0.6 is 0 Å². The first-order chi connectivity index (χ1) is 11.3. The maximum absolute atomic E-state index is 12.7. The Kier molecular flexibility index (Phi) is 3.79. The summed E-state index contributed by atoms with van der Waals surface area (Å²) in [5.74, 6) is -0.206. The predicted molar refractivity (Wildman–Crippen MR) is 89.9 cm³/mol. The molecule has 3 rings (SSSR count). The summed E-state index contributed by atoms with van der Waals surface area (Å²) >= 11 is 0. The van der Waals surface area contributed by atoms with Crippen LogP contribution in [0, 0.1) is 5.41 Å². The van der Waals surface area contributed by atoms with Crippen molar-refractivity contribution in [2.24, 2.45) is 25.2 Å². The average Bonchev–Trinajstić information content (AvgIpc) is 3.00. The van der Waals surface area contributed by atoms with Crippen LogP contribution < -0.4 is 17.0 Å². The second-order valence-corrected chi connectivity index (χ2v) is 6.76. The molecule has 0 aliphatic carbocycles. The maximum Gasteiger partial charge on any atom is 0.332 e. The first-order valence-corrected chi connectivity index (χ1v) is 7.83. The Balaban J connectivity index is 2.05. The number of nitrogens with zero attached hydrogens (tertiary/aromatic N) is 4. The highest BCUT2D eigenvalue weighted by Gasteiger charge is 2.35. The summed E-state index contributed by atoms with van der Waals surface area (Å²) in [7, 11) is 2.95. The molecule has 0 spiro atoms. The Labute approximate surface area is 138 Å². The zero-order valence-electron chi connectivity index (χ0n) is 14.1. The largest absolute Gasteiger partial charge is 0.337 e. The number of hydrogen-bond acceptors (Lipinski definition) is 5. The van der Waals surface area contributed by atoms with E-state index in [9.17, 15) is 14.4 Å². The van der Waals surface area contributed by atoms with Crippen LogP contribution in [0.25, 0.3) is 11.0 Å². The van der Waals surface area contributed by atoms with Gasteiger partial charge in [-0.15, -0.1) is 0 Å². The molecule has 1 saturated heterocycles. The lowest BCUT2D eigenvalue weighted by molar-refractivity contribution is 0.0771. The zero-order valence-corrected chi connectivity index (χ0v) is 14.1. The lowest BCUT2D eigenvalue weighted by Gasteiger charge is -2.22. The fraction of sp³-hybridized carbons (Fsp3) is 0.500. The molecule has 128 valence electrons. The van der Waals surface area contributed by atoms with Crippen LogP contribution in [0.5, 0.6) is 0 Å². The fourth-order valence-electron chi connectivity index (χ4n) is 3.10. The van der Waals surface area contributed by atoms with Crippen LogP contribution in [0.2, 0.25) is 0 Å². The number of aryl methyl sites for hydroxylation is 1. The molecule has 1 amide bonds. The molecule has 0 saturated carbocycles. The second kappa shape index (κ2) is 5.55. The number of hydrogen-bond donors (Lipinski definition) is 1. The van der Waals surface area contributed by atoms with Gasteiger partial charge in [0, 0.05) is 27.2 Å². The first kappa shape index (κ1) is 16.4. The van der Waals surface area contributed by atoms with Crippen molar-refractivity contribution >= 4 is 16.9 Å². The number of pyridine rings is 1. The summed E-state index contributed by atoms with van der Waals surface area (Å²) in [6.45, 7) is 3.78. The van der Waals surface area contributed by atoms with Crippen LogP contribution in [0.3, 0.4) is 0 Å². The molecule has 2 aromatic rings. The number of amides is 1. The molecule has 1 fully saturated rings. The third-order valence-corrected chi connectivity index (χ3v) is 4.86. The molecule has 1 aliphatic rings. The number of nitrogens with two attached hydrogens (primary N) is 1. The highest BCUT2D eigenvalue weighted by Crippen LogP contribution is 2.29. The van der Waals surface area contributed by atoms with E-state index in [0.717, 1.165) is 11.0 Å². The van der Waals surface area contributed by atoms with Crippen LogP contribution in [-0.4, -0.2) is 44.6 Å². The molecular formula is C16H21N5O3. The van der Waals surface area contributed by atoms with Gasteiger partial charge < -0.3 is 10.6 Å². The van der Waals surface area contributed by atoms with Gasteiger partial charge in [0.2, 0.25) is 0 Å². The van der Waals surface area contributed by atoms with E-state index in [-0.39, 0.29) is 22.7 Å². The van der Waals surface area contributed by atoms with Crippen molar-refractivity contribution in [1.29, 1.82) is 0 Å². The average molecular weight is 331 g/mol. The Bertz CT molecular complexity index is 945. The third-order valence-electron chi connectivity index (χ3n) is 4.86. The molecule has 1 aliphatic heterocycles. The zero-order chi connectivity index (χ0) is 17.6. The molecule has 0 radical (unpaired) electrons. The Morgan fingerprint density at radius 1 is 1.29 bits per heavy atom. The number of carbonyl (C=O) groups excluding carboxylic acids is 1. The van der Waals surface area contributed by atoms with Crippen LogP contribution in [-0.2, 0) is 14.1 Å². The van der Waals surface area contributed by atoms with Gasteiger partial charge in [-0.2, -0.15) is 0 Å². The number of rotatable bonds is 2. The van der Waals surface area contributed by atoms with E-state index >= 15 is 0 Å². The number of likely N-dealkylation sites (tertiary alicyclic amines) is 1. The highest BCUT2D eigenvalue weighted by molar-refractivity contribution is 5.94. The minimum atomic E-state index is -0.471. The van der Waals surface area contributed by atoms with Gasteiger partial charge in [-0.05, 0) is 30.5 Å². The van der Waals surface area contributed by atoms with E-state index in [1.807, 2.05) is 0 Å². The Morgan fingerprint density at radius 3 is 2.62 bits per heavy atom. The van der Waals surface area contributed by atoms with Gasteiger partial charge in [-0.25, -0.2) is 9.78 Å². The maximum atomic E-state index is 12.7. The standard InChI is InChI=1S/C16H21N5O3/c1-16(8-17)6-7-21(9-16)14(23)11-5-4-10-12(18-11)19(2)15(24)20(3)13(10)22/h4-5H,6-9,17H2,1-3H3. The van der Waals surface area contributed by atoms with Gasteiger partial charge in [0.15, 0.2) is 0 Å². The number of fused-ring (bicyclic) bond motifs is 1. The molecule has 1 atom stereocenters. The molecule has 8 nitrogen and oxygen atoms in total. The Morgan fingerprint density at radius 2 is 2.00 bits per heavy atom. The van der Waals surface area contributed by atoms with E-state index in [4.69, 9.17) is 5.73 Å². The lowest BCUT2D eigenvalue weighted by atomic mass is 9.90. The molecular weight excluding hydrogens is 310 g/mol. The van der Waals surface area contributed by atoms with Crippen LogP contribution in [0.4, 0.5) is 0 Å². The smallest absolute Gasteiger partial charge is 0.332 e. The monoisotopic (exact) mass is 331 g/mol. The Hall–Kier alpha value is -2.48. The molecule has 2 aromatic heterocycles. The van der Waals surface area contributed by atoms with Crippen molar-refractivity contribution in [1.82, 2.24) is 19.0 Å². The summed E-state index contributed by atoms with van der Waals surface area (Å²) in [6, 6.07) is 3.09. The topological polar surface area (TPSA) is 103 Å². The van der Waals surface area contributed by atoms with Gasteiger partial charge >= 0.3 is 5.69 Å². The van der Waals surface area contributed by atoms with E-state index in [1.54, 1.807) is 11.0 Å². The summed E-state index contributed by atoms with van der Waals surface area (Å²) < 4.78 is 2.31. The second-order valence-electron chi connectivity index (χ2n) is 6.76. The quantitative estimate of drug-likeness (QED) is 0.795. The van der Waals surface area contributed by atoms with Crippen molar-refractivity contribution in [2.75, 3.05) is 19.6 Å². The summed E-state index contributed by atoms with van der Waals surface area (Å²) in [5, 5.41) is 0.310. The summed E-state index contributed by atoms with van der Waals surface area (Å²) in [4.78, 5) is 42.9. The van der Waals surface area contributed by atoms with E-state index in [2.05, 4.69) is 11.9 Å². The van der Waals surface area contributed by atoms with Crippen molar-refractivity contribution in [3.63, 3.8) is 0 Å². The fourth-order valence-corrected chi connectivity index (χ4v) is 3.10. The van der Waals surface area contributed by atoms with Crippen molar-refractivity contribution in [3.8, 4) is 0 Å². The molecule has 0 bridgehead atoms. The SMILES string of the molecule is Cn1c(=O)c2ccc(C(=O)N3CCC(C)(CN)C3)nc2n(C)c1=O. The molecule has 3 heterocycles. The van der Waals surface area contributed by atoms with Crippen LogP contribution in [0.1, 0.15) is 23.8 Å². The van der Waals surface area contributed by atoms with Gasteiger partial charge in [-0.3, -0.25) is 18.7 Å². The van der Waals surface area contributed by atoms with Crippen molar-refractivity contribution in [3.05, 3.63) is 38.7 Å². The number of carbonyl (C=O) groups is 1. The van der Waals surface area contributed by atoms with Crippen LogP contribution in [0.15, 0.2) is 21.7 Å². The minimum absolute atomic E-state index is 0.0741. The molecule has 0 aromatic carbocycles. The molecule has 8 heteroatoms. The molecule has 1 unspecified atom stereocenters. The molecule has 2 N–H and O–H groups in total. The first-order valence-electron chi connectivity index (χ1n) is 7.83. The van der Waals surface area contributed by atoms with Crippen molar-refractivity contribution < 1.29 is 4.79 Å². The lowest BCUT2D eigenvalue weighted by Crippen LogP contribution is -2.38. The van der Waals surface area contributed by atoms with E-state index in [0.29, 0.717) is 25.0 Å². The highest BCUT2D eigenvalue weighted by atomic mass is 16.2. The molecule has 24 heavy (non-hydrogen) atoms. The van der Waals surface area contributed by atoms with E-state index < -0.39 is 11.2 Å². The van der Waals surface area contributed by atoms with Crippen molar-refractivity contribution in [2.45, 2.75) is 13.3 Å². The van der Waals surface area contributed by atoms with Gasteiger partial charge in [-0.1, -0.05) is 6.92 Å².